The van der Waals surface area contributed by atoms with Crippen LogP contribution in [0.5, 0.6) is 5.75 Å². The van der Waals surface area contributed by atoms with Crippen molar-refractivity contribution in [1.82, 2.24) is 20.4 Å². The highest BCUT2D eigenvalue weighted by Gasteiger charge is 2.33. The third-order valence-corrected chi connectivity index (χ3v) is 7.41. The van der Waals surface area contributed by atoms with Gasteiger partial charge in [-0.1, -0.05) is 12.5 Å². The predicted octanol–water partition coefficient (Wildman–Crippen LogP) is 3.59. The van der Waals surface area contributed by atoms with E-state index in [2.05, 4.69) is 27.5 Å². The molecule has 1 aliphatic carbocycles. The Morgan fingerprint density at radius 1 is 1.03 bits per heavy atom. The topological polar surface area (TPSA) is 81.6 Å². The van der Waals surface area contributed by atoms with E-state index in [4.69, 9.17) is 0 Å². The first-order valence-corrected chi connectivity index (χ1v) is 12.1. The van der Waals surface area contributed by atoms with Crippen molar-refractivity contribution in [2.45, 2.75) is 69.1 Å². The highest BCUT2D eigenvalue weighted by molar-refractivity contribution is 5.92. The van der Waals surface area contributed by atoms with Gasteiger partial charge in [-0.2, -0.15) is 0 Å². The number of fused-ring (bicyclic) bond motifs is 2. The van der Waals surface area contributed by atoms with Gasteiger partial charge in [0.1, 0.15) is 5.75 Å². The van der Waals surface area contributed by atoms with Crippen molar-refractivity contribution in [3.8, 4) is 17.0 Å². The van der Waals surface area contributed by atoms with E-state index >= 15 is 0 Å². The lowest BCUT2D eigenvalue weighted by atomic mass is 9.83. The van der Waals surface area contributed by atoms with Crippen molar-refractivity contribution in [3.63, 3.8) is 0 Å². The fourth-order valence-electron chi connectivity index (χ4n) is 5.19. The average Bonchev–Trinajstić information content (AvgIpc) is 3.67. The zero-order chi connectivity index (χ0) is 22.9. The number of aromatic nitrogens is 2. The monoisotopic (exact) mass is 447 g/mol. The second kappa shape index (κ2) is 9.14. The van der Waals surface area contributed by atoms with Gasteiger partial charge in [0, 0.05) is 49.9 Å². The number of rotatable bonds is 6. The van der Waals surface area contributed by atoms with Gasteiger partial charge in [0.25, 0.3) is 0 Å². The lowest BCUT2D eigenvalue weighted by Crippen LogP contribution is -2.54. The SMILES string of the molecule is CN(C(=O)/C=C/c1ccc(-c2ccc(N(C)C3CC4CCCC(C3)N4)nn2)c(O)c1)C1CC1. The van der Waals surface area contributed by atoms with E-state index in [-0.39, 0.29) is 11.7 Å². The highest BCUT2D eigenvalue weighted by atomic mass is 16.3. The largest absolute Gasteiger partial charge is 0.507 e. The van der Waals surface area contributed by atoms with Gasteiger partial charge in [-0.05, 0) is 74.4 Å². The molecule has 1 aromatic carbocycles. The molecule has 7 nitrogen and oxygen atoms in total. The molecule has 2 bridgehead atoms. The summed E-state index contributed by atoms with van der Waals surface area (Å²) in [5.41, 5.74) is 2.04. The standard InChI is InChI=1S/C26H33N5O2/c1-30(21-15-18-4-3-5-19(16-21)27-18)25-12-11-23(28-29-25)22-10-6-17(14-24(22)32)7-13-26(33)31(2)20-8-9-20/h6-7,10-14,18-21,27,32H,3-5,8-9,15-16H2,1-2H3/b13-7+. The van der Waals surface area contributed by atoms with Gasteiger partial charge in [-0.3, -0.25) is 4.79 Å². The van der Waals surface area contributed by atoms with E-state index < -0.39 is 0 Å². The number of aromatic hydroxyl groups is 1. The number of piperidine rings is 2. The Labute approximate surface area is 195 Å². The van der Waals surface area contributed by atoms with Crippen LogP contribution in [0, 0.1) is 0 Å². The Morgan fingerprint density at radius 2 is 1.79 bits per heavy atom. The van der Waals surface area contributed by atoms with Crippen molar-refractivity contribution in [3.05, 3.63) is 42.0 Å². The van der Waals surface area contributed by atoms with Crippen LogP contribution in [0.3, 0.4) is 0 Å². The van der Waals surface area contributed by atoms with Crippen LogP contribution < -0.4 is 10.2 Å². The lowest BCUT2D eigenvalue weighted by molar-refractivity contribution is -0.125. The average molecular weight is 448 g/mol. The number of amides is 1. The molecule has 3 heterocycles. The van der Waals surface area contributed by atoms with Crippen LogP contribution in [0.2, 0.25) is 0 Å². The number of nitrogens with one attached hydrogen (secondary N) is 1. The molecule has 2 aromatic rings. The number of carbonyl (C=O) groups excluding carboxylic acids is 1. The number of carbonyl (C=O) groups is 1. The summed E-state index contributed by atoms with van der Waals surface area (Å²) in [5, 5.41) is 23.2. The van der Waals surface area contributed by atoms with Gasteiger partial charge in [0.2, 0.25) is 5.91 Å². The maximum atomic E-state index is 12.2. The Balaban J connectivity index is 1.25. The van der Waals surface area contributed by atoms with E-state index in [1.165, 1.54) is 19.3 Å². The summed E-state index contributed by atoms with van der Waals surface area (Å²) in [5.74, 6) is 0.979. The minimum atomic E-state index is -0.0102. The van der Waals surface area contributed by atoms with E-state index in [0.717, 1.165) is 37.1 Å². The first-order valence-electron chi connectivity index (χ1n) is 12.1. The van der Waals surface area contributed by atoms with Gasteiger partial charge in [-0.15, -0.1) is 10.2 Å². The number of hydrogen-bond donors (Lipinski definition) is 2. The number of phenolic OH excluding ortho intramolecular Hbond substituents is 1. The Morgan fingerprint density at radius 3 is 2.42 bits per heavy atom. The second-order valence-corrected chi connectivity index (χ2v) is 9.79. The molecule has 7 heteroatoms. The van der Waals surface area contributed by atoms with Crippen LogP contribution in [0.25, 0.3) is 17.3 Å². The number of anilines is 1. The molecular formula is C26H33N5O2. The van der Waals surface area contributed by atoms with Gasteiger partial charge in [0.05, 0.1) is 5.69 Å². The van der Waals surface area contributed by atoms with Gasteiger partial charge >= 0.3 is 0 Å². The number of nitrogens with zero attached hydrogens (tertiary/aromatic N) is 4. The van der Waals surface area contributed by atoms with E-state index in [0.29, 0.717) is 35.4 Å². The summed E-state index contributed by atoms with van der Waals surface area (Å²) >= 11 is 0. The zero-order valence-corrected chi connectivity index (χ0v) is 19.4. The molecule has 1 saturated carbocycles. The van der Waals surface area contributed by atoms with Gasteiger partial charge in [-0.25, -0.2) is 0 Å². The summed E-state index contributed by atoms with van der Waals surface area (Å²) in [6.45, 7) is 0. The van der Waals surface area contributed by atoms with Crippen molar-refractivity contribution in [1.29, 1.82) is 0 Å². The Kier molecular flexibility index (Phi) is 6.06. The molecule has 0 radical (unpaired) electrons. The molecule has 2 atom stereocenters. The van der Waals surface area contributed by atoms with Crippen LogP contribution in [-0.4, -0.2) is 64.4 Å². The molecule has 2 aliphatic heterocycles. The maximum Gasteiger partial charge on any atom is 0.246 e. The minimum Gasteiger partial charge on any atom is -0.507 e. The minimum absolute atomic E-state index is 0.0102. The molecule has 1 aromatic heterocycles. The molecule has 33 heavy (non-hydrogen) atoms. The Hall–Kier alpha value is -2.93. The Bertz CT molecular complexity index is 1020. The molecule has 2 N–H and O–H groups in total. The number of likely N-dealkylation sites (N-methyl/N-ethyl adjacent to an activating group) is 1. The van der Waals surface area contributed by atoms with Crippen LogP contribution >= 0.6 is 0 Å². The fourth-order valence-corrected chi connectivity index (χ4v) is 5.19. The maximum absolute atomic E-state index is 12.2. The van der Waals surface area contributed by atoms with E-state index in [9.17, 15) is 9.90 Å². The summed E-state index contributed by atoms with van der Waals surface area (Å²) in [7, 11) is 3.94. The molecular weight excluding hydrogens is 414 g/mol. The van der Waals surface area contributed by atoms with Crippen LogP contribution in [0.15, 0.2) is 36.4 Å². The first-order chi connectivity index (χ1) is 16.0. The third kappa shape index (κ3) is 4.88. The summed E-state index contributed by atoms with van der Waals surface area (Å²) in [6.07, 6.45) is 11.6. The summed E-state index contributed by atoms with van der Waals surface area (Å²) in [6, 6.07) is 11.4. The van der Waals surface area contributed by atoms with Crippen molar-refractivity contribution in [2.24, 2.45) is 0 Å². The fraction of sp³-hybridized carbons (Fsp3) is 0.500. The molecule has 3 fully saturated rings. The number of phenols is 1. The normalized spacial score (nSPS) is 24.6. The molecule has 2 saturated heterocycles. The van der Waals surface area contributed by atoms with Crippen LogP contribution in [0.1, 0.15) is 50.5 Å². The molecule has 0 spiro atoms. The van der Waals surface area contributed by atoms with Crippen LogP contribution in [0.4, 0.5) is 5.82 Å². The highest BCUT2D eigenvalue weighted by Crippen LogP contribution is 2.32. The number of benzene rings is 1. The van der Waals surface area contributed by atoms with Crippen molar-refractivity contribution >= 4 is 17.8 Å². The summed E-state index contributed by atoms with van der Waals surface area (Å²) < 4.78 is 0. The van der Waals surface area contributed by atoms with E-state index in [1.807, 2.05) is 31.3 Å². The van der Waals surface area contributed by atoms with Crippen molar-refractivity contribution < 1.29 is 9.90 Å². The second-order valence-electron chi connectivity index (χ2n) is 9.79. The van der Waals surface area contributed by atoms with Gasteiger partial charge in [0.15, 0.2) is 5.82 Å². The smallest absolute Gasteiger partial charge is 0.246 e. The van der Waals surface area contributed by atoms with E-state index in [1.54, 1.807) is 23.1 Å². The van der Waals surface area contributed by atoms with Gasteiger partial charge < -0.3 is 20.2 Å². The first kappa shape index (κ1) is 21.9. The molecule has 2 unspecified atom stereocenters. The lowest BCUT2D eigenvalue weighted by Gasteiger charge is -2.43. The molecule has 5 rings (SSSR count). The zero-order valence-electron chi connectivity index (χ0n) is 19.4. The number of hydrogen-bond acceptors (Lipinski definition) is 6. The quantitative estimate of drug-likeness (QED) is 0.659. The molecule has 1 amide bonds. The summed E-state index contributed by atoms with van der Waals surface area (Å²) in [4.78, 5) is 16.2. The van der Waals surface area contributed by atoms with Crippen LogP contribution in [-0.2, 0) is 4.79 Å². The van der Waals surface area contributed by atoms with Crippen molar-refractivity contribution in [2.75, 3.05) is 19.0 Å². The predicted molar refractivity (Wildman–Crippen MR) is 130 cm³/mol. The third-order valence-electron chi connectivity index (χ3n) is 7.41. The molecule has 3 aliphatic rings. The molecule has 174 valence electrons.